The van der Waals surface area contributed by atoms with Crippen molar-refractivity contribution < 1.29 is 49.1 Å². The van der Waals surface area contributed by atoms with Crippen molar-refractivity contribution in [1.29, 1.82) is 0 Å². The lowest BCUT2D eigenvalue weighted by Crippen LogP contribution is -2.53. The first-order valence-corrected chi connectivity index (χ1v) is 17.7. The molecule has 4 N–H and O–H groups in total. The molecular formula is C32H29N9O10S2. The Morgan fingerprint density at radius 2 is 1.62 bits per heavy atom. The molecule has 1 unspecified atom stereocenters. The number of carboxylic acid groups (broad SMARTS) is 3. The van der Waals surface area contributed by atoms with Crippen LogP contribution in [0.5, 0.6) is 5.88 Å². The van der Waals surface area contributed by atoms with Crippen LogP contribution < -0.4 is 10.1 Å². The number of fused-ring (bicyclic) bond motifs is 1. The lowest BCUT2D eigenvalue weighted by molar-refractivity contribution is -0.136. The lowest BCUT2D eigenvalue weighted by Gasteiger charge is -2.32. The van der Waals surface area contributed by atoms with E-state index in [9.17, 15) is 42.9 Å². The fourth-order valence-electron chi connectivity index (χ4n) is 5.21. The third-order valence-corrected chi connectivity index (χ3v) is 10.5. The van der Waals surface area contributed by atoms with Gasteiger partial charge < -0.3 is 25.4 Å². The number of rotatable bonds is 13. The number of nitrogens with zero attached hydrogens (tertiary/aromatic N) is 8. The van der Waals surface area contributed by atoms with Gasteiger partial charge in [0.05, 0.1) is 28.2 Å². The number of benzene rings is 3. The molecule has 6 rings (SSSR count). The second kappa shape index (κ2) is 14.6. The second-order valence-corrected chi connectivity index (χ2v) is 14.0. The van der Waals surface area contributed by atoms with Crippen molar-refractivity contribution >= 4 is 62.8 Å². The summed E-state index contributed by atoms with van der Waals surface area (Å²) in [4.78, 5) is 54.4. The summed E-state index contributed by atoms with van der Waals surface area (Å²) >= 11 is 1.19. The van der Waals surface area contributed by atoms with Gasteiger partial charge in [-0.05, 0) is 59.8 Å². The Balaban J connectivity index is 0.00000561. The zero-order valence-electron chi connectivity index (χ0n) is 27.5. The van der Waals surface area contributed by atoms with Crippen molar-refractivity contribution in [2.75, 3.05) is 11.9 Å². The minimum absolute atomic E-state index is 0. The average Bonchev–Trinajstić information content (AvgIpc) is 3.68. The highest BCUT2D eigenvalue weighted by atomic mass is 32.2. The van der Waals surface area contributed by atoms with Crippen molar-refractivity contribution in [3.8, 4) is 11.6 Å². The van der Waals surface area contributed by atoms with Crippen LogP contribution in [0.2, 0.25) is 0 Å². The Morgan fingerprint density at radius 1 is 0.962 bits per heavy atom. The van der Waals surface area contributed by atoms with Crippen molar-refractivity contribution in [3.05, 3.63) is 95.2 Å². The van der Waals surface area contributed by atoms with Crippen molar-refractivity contribution in [1.82, 2.24) is 34.3 Å². The fourth-order valence-corrected chi connectivity index (χ4v) is 7.66. The van der Waals surface area contributed by atoms with Gasteiger partial charge in [-0.25, -0.2) is 36.7 Å². The summed E-state index contributed by atoms with van der Waals surface area (Å²) in [6.07, 6.45) is -2.09. The van der Waals surface area contributed by atoms with Crippen LogP contribution in [-0.2, 0) is 32.4 Å². The predicted molar refractivity (Wildman–Crippen MR) is 187 cm³/mol. The van der Waals surface area contributed by atoms with Gasteiger partial charge in [0.1, 0.15) is 11.4 Å². The number of para-hydroxylation sites is 2. The Bertz CT molecular complexity index is 2390. The van der Waals surface area contributed by atoms with Gasteiger partial charge in [0.15, 0.2) is 5.84 Å². The van der Waals surface area contributed by atoms with Crippen molar-refractivity contribution in [3.63, 3.8) is 0 Å². The van der Waals surface area contributed by atoms with E-state index in [0.29, 0.717) is 26.4 Å². The molecule has 21 heteroatoms. The van der Waals surface area contributed by atoms with Gasteiger partial charge in [-0.15, -0.1) is 5.10 Å². The van der Waals surface area contributed by atoms with E-state index >= 15 is 0 Å². The van der Waals surface area contributed by atoms with Gasteiger partial charge in [-0.1, -0.05) is 42.1 Å². The first-order valence-electron chi connectivity index (χ1n) is 15.2. The highest BCUT2D eigenvalue weighted by Gasteiger charge is 2.43. The molecule has 53 heavy (non-hydrogen) atoms. The quantitative estimate of drug-likeness (QED) is 0.126. The highest BCUT2D eigenvalue weighted by molar-refractivity contribution is 7.98. The molecule has 1 amide bonds. The molecule has 0 bridgehead atoms. The van der Waals surface area contributed by atoms with Crippen LogP contribution in [-0.4, -0.2) is 100 Å². The number of ether oxygens (including phenoxy) is 1. The highest BCUT2D eigenvalue weighted by Crippen LogP contribution is 2.36. The number of thioether (sulfide) groups is 1. The Morgan fingerprint density at radius 3 is 2.25 bits per heavy atom. The first-order chi connectivity index (χ1) is 25.2. The summed E-state index contributed by atoms with van der Waals surface area (Å²) < 4.78 is 37.6. The molecule has 3 heterocycles. The molecule has 0 spiro atoms. The minimum atomic E-state index is -4.66. The number of carbonyl (C=O) groups is 4. The Labute approximate surface area is 305 Å². The normalized spacial score (nSPS) is 13.8. The molecule has 274 valence electrons. The Hall–Kier alpha value is -6.61. The number of aryl methyl sites for hydroxylation is 2. The number of sulfonamides is 1. The van der Waals surface area contributed by atoms with E-state index in [1.54, 1.807) is 44.3 Å². The number of amides is 1. The third-order valence-electron chi connectivity index (χ3n) is 7.66. The predicted octanol–water partition coefficient (Wildman–Crippen LogP) is 2.84. The van der Waals surface area contributed by atoms with Gasteiger partial charge in [-0.3, -0.25) is 9.59 Å². The number of anilines is 1. The van der Waals surface area contributed by atoms with Crippen LogP contribution >= 0.6 is 11.8 Å². The number of carbonyl (C=O) groups excluding carboxylic acids is 1. The molecule has 0 saturated carbocycles. The largest absolute Gasteiger partial charge is 0.480 e. The molecular weight excluding hydrogens is 735 g/mol. The number of hydrogen-bond acceptors (Lipinski definition) is 13. The summed E-state index contributed by atoms with van der Waals surface area (Å²) in [7, 11) is -3.03. The number of amidine groups is 1. The smallest absolute Gasteiger partial charge is 0.335 e. The SMILES string of the molecule is Cc1nn(-c2ccccc2)c(OC(C(=O)Nc2cc(C(=O)O)cc(C(=O)O)c2)C2=Nc3ccccc3S(=O)(=O)N2CC(=O)O)c1CSc1nnnn1C.[HH]. The van der Waals surface area contributed by atoms with Gasteiger partial charge in [0.2, 0.25) is 17.1 Å². The van der Waals surface area contributed by atoms with Crippen molar-refractivity contribution in [2.24, 2.45) is 12.0 Å². The number of aliphatic imine (C=N–C) groups is 1. The lowest BCUT2D eigenvalue weighted by atomic mass is 10.1. The molecule has 1 aliphatic heterocycles. The van der Waals surface area contributed by atoms with Crippen LogP contribution in [0.25, 0.3) is 5.69 Å². The average molecular weight is 764 g/mol. The van der Waals surface area contributed by atoms with Gasteiger partial charge in [0.25, 0.3) is 15.9 Å². The van der Waals surface area contributed by atoms with E-state index in [-0.39, 0.29) is 29.3 Å². The van der Waals surface area contributed by atoms with Crippen LogP contribution in [0.1, 0.15) is 33.4 Å². The number of aliphatic carboxylic acids is 1. The molecule has 0 saturated heterocycles. The minimum Gasteiger partial charge on any atom is -0.480 e. The van der Waals surface area contributed by atoms with Crippen LogP contribution in [0.15, 0.2) is 87.8 Å². The second-order valence-electron chi connectivity index (χ2n) is 11.2. The number of aromatic carboxylic acids is 2. The molecule has 1 aliphatic rings. The van der Waals surface area contributed by atoms with E-state index in [2.05, 4.69) is 30.9 Å². The fraction of sp³-hybridized carbons (Fsp3) is 0.156. The summed E-state index contributed by atoms with van der Waals surface area (Å²) in [5, 5.41) is 48.0. The first kappa shape index (κ1) is 36.2. The maximum absolute atomic E-state index is 14.4. The van der Waals surface area contributed by atoms with E-state index in [0.717, 1.165) is 18.2 Å². The van der Waals surface area contributed by atoms with Gasteiger partial charge in [-0.2, -0.15) is 5.10 Å². The number of carboxylic acids is 3. The molecule has 0 radical (unpaired) electrons. The number of nitrogens with one attached hydrogen (secondary N) is 1. The van der Waals surface area contributed by atoms with Gasteiger partial charge >= 0.3 is 17.9 Å². The van der Waals surface area contributed by atoms with Crippen LogP contribution in [0.3, 0.4) is 0 Å². The van der Waals surface area contributed by atoms with E-state index in [4.69, 9.17) is 4.74 Å². The number of tetrazole rings is 1. The summed E-state index contributed by atoms with van der Waals surface area (Å²) in [6.45, 7) is 0.506. The Kier molecular flexibility index (Phi) is 9.94. The molecule has 5 aromatic rings. The van der Waals surface area contributed by atoms with E-state index in [1.165, 1.54) is 45.4 Å². The third kappa shape index (κ3) is 7.41. The number of aromatic nitrogens is 6. The molecule has 0 aliphatic carbocycles. The van der Waals surface area contributed by atoms with E-state index < -0.39 is 63.4 Å². The molecule has 1 atom stereocenters. The zero-order chi connectivity index (χ0) is 38.0. The summed E-state index contributed by atoms with van der Waals surface area (Å²) in [5.74, 6) is -6.35. The molecule has 2 aromatic heterocycles. The zero-order valence-corrected chi connectivity index (χ0v) is 29.1. The maximum atomic E-state index is 14.4. The molecule has 3 aromatic carbocycles. The maximum Gasteiger partial charge on any atom is 0.335 e. The number of hydrogen-bond donors (Lipinski definition) is 4. The molecule has 19 nitrogen and oxygen atoms in total. The standard InChI is InChI=1S/C32H27N9O10S2.H2/c1-17-22(16-52-32-35-37-38-39(32)2)29(41(36-17)21-8-4-3-5-9-21)51-26(28(44)33-20-13-18(30(45)46)12-19(14-20)31(47)48)27-34-23-10-6-7-11-24(23)53(49,50)40(27)15-25(42)43;/h3-14,26H,15-16H2,1-2H3,(H,33,44)(H,42,43)(H,45,46)(H,47,48);1H. The summed E-state index contributed by atoms with van der Waals surface area (Å²) in [6, 6.07) is 16.9. The van der Waals surface area contributed by atoms with E-state index in [1.807, 2.05) is 0 Å². The van der Waals surface area contributed by atoms with Crippen molar-refractivity contribution in [2.45, 2.75) is 28.8 Å². The van der Waals surface area contributed by atoms with Gasteiger partial charge in [0, 0.05) is 25.5 Å². The van der Waals surface area contributed by atoms with Crippen LogP contribution in [0, 0.1) is 6.92 Å². The topological polar surface area (TPSA) is 261 Å². The molecule has 0 fully saturated rings. The monoisotopic (exact) mass is 763 g/mol. The van der Waals surface area contributed by atoms with Crippen LogP contribution in [0.4, 0.5) is 11.4 Å². The summed E-state index contributed by atoms with van der Waals surface area (Å²) in [5.41, 5.74) is -0.0814.